The Hall–Kier alpha value is -6.49. The summed E-state index contributed by atoms with van der Waals surface area (Å²) in [6.07, 6.45) is 3.82. The highest BCUT2D eigenvalue weighted by Gasteiger charge is 2.18. The van der Waals surface area contributed by atoms with Gasteiger partial charge in [0.1, 0.15) is 0 Å². The van der Waals surface area contributed by atoms with Gasteiger partial charge in [0, 0.05) is 54.6 Å². The minimum atomic E-state index is 0.709. The third-order valence-electron chi connectivity index (χ3n) is 9.77. The van der Waals surface area contributed by atoms with E-state index in [2.05, 4.69) is 145 Å². The minimum absolute atomic E-state index is 0.709. The van der Waals surface area contributed by atoms with Gasteiger partial charge < -0.3 is 0 Å². The van der Waals surface area contributed by atoms with Crippen LogP contribution in [0.3, 0.4) is 0 Å². The molecule has 51 heavy (non-hydrogen) atoms. The quantitative estimate of drug-likeness (QED) is 0.171. The van der Waals surface area contributed by atoms with Crippen LogP contribution in [0.15, 0.2) is 176 Å². The van der Waals surface area contributed by atoms with Crippen molar-refractivity contribution in [2.45, 2.75) is 0 Å². The highest BCUT2D eigenvalue weighted by molar-refractivity contribution is 7.26. The van der Waals surface area contributed by atoms with E-state index in [4.69, 9.17) is 9.97 Å². The SMILES string of the molecule is c1ccc(-c2ccc(-c3cc(-c4cc(-c5ccc6ccc7cnccc7c6c5)cc5c4sc4ccccc45)nc(-c4ccccc4)n3)cc2)cc1. The molecule has 0 aliphatic carbocycles. The Kier molecular flexibility index (Phi) is 7.00. The third-order valence-corrected chi connectivity index (χ3v) is 11.0. The lowest BCUT2D eigenvalue weighted by Crippen LogP contribution is -1.96. The molecule has 0 unspecified atom stereocenters. The summed E-state index contributed by atoms with van der Waals surface area (Å²) >= 11 is 1.83. The van der Waals surface area contributed by atoms with Crippen LogP contribution in [0.2, 0.25) is 0 Å². The van der Waals surface area contributed by atoms with Crippen LogP contribution in [0.5, 0.6) is 0 Å². The summed E-state index contributed by atoms with van der Waals surface area (Å²) in [5.74, 6) is 0.709. The van der Waals surface area contributed by atoms with E-state index in [1.165, 1.54) is 53.0 Å². The van der Waals surface area contributed by atoms with Crippen molar-refractivity contribution in [3.63, 3.8) is 0 Å². The van der Waals surface area contributed by atoms with Crippen molar-refractivity contribution in [2.24, 2.45) is 0 Å². The van der Waals surface area contributed by atoms with Crippen molar-refractivity contribution in [2.75, 3.05) is 0 Å². The van der Waals surface area contributed by atoms with Gasteiger partial charge >= 0.3 is 0 Å². The lowest BCUT2D eigenvalue weighted by molar-refractivity contribution is 1.19. The van der Waals surface area contributed by atoms with Crippen molar-refractivity contribution in [1.29, 1.82) is 0 Å². The standard InChI is InChI=1S/C47H29N3S/c1-3-9-30(10-4-1)31-15-19-33(20-16-31)43-28-44(50-47(49-43)34-11-5-2-6-12-34)42-27-37(26-41-39-13-7-8-14-45(39)51-46(41)42)35-21-17-32-18-22-36-29-48-24-23-38(36)40(32)25-35/h1-29H. The zero-order valence-corrected chi connectivity index (χ0v) is 28.3. The smallest absolute Gasteiger partial charge is 0.160 e. The topological polar surface area (TPSA) is 38.7 Å². The number of hydrogen-bond donors (Lipinski definition) is 0. The fraction of sp³-hybridized carbons (Fsp3) is 0. The second-order valence-corrected chi connectivity index (χ2v) is 13.9. The van der Waals surface area contributed by atoms with Crippen LogP contribution in [0.1, 0.15) is 0 Å². The van der Waals surface area contributed by atoms with E-state index >= 15 is 0 Å². The second-order valence-electron chi connectivity index (χ2n) is 12.9. The highest BCUT2D eigenvalue weighted by atomic mass is 32.1. The van der Waals surface area contributed by atoms with E-state index in [0.717, 1.165) is 39.0 Å². The Labute approximate surface area is 299 Å². The van der Waals surface area contributed by atoms with Crippen LogP contribution in [0.25, 0.3) is 97.9 Å². The van der Waals surface area contributed by atoms with Gasteiger partial charge in [0.2, 0.25) is 0 Å². The van der Waals surface area contributed by atoms with Crippen LogP contribution in [0.4, 0.5) is 0 Å². The normalized spacial score (nSPS) is 11.5. The van der Waals surface area contributed by atoms with Gasteiger partial charge in [-0.1, -0.05) is 127 Å². The minimum Gasteiger partial charge on any atom is -0.264 e. The fourth-order valence-electron chi connectivity index (χ4n) is 7.18. The van der Waals surface area contributed by atoms with Gasteiger partial charge in [0.25, 0.3) is 0 Å². The van der Waals surface area contributed by atoms with Crippen molar-refractivity contribution < 1.29 is 0 Å². The summed E-state index contributed by atoms with van der Waals surface area (Å²) in [5.41, 5.74) is 9.63. The van der Waals surface area contributed by atoms with Gasteiger partial charge in [-0.3, -0.25) is 4.98 Å². The predicted molar refractivity (Wildman–Crippen MR) is 215 cm³/mol. The second kappa shape index (κ2) is 12.1. The maximum absolute atomic E-state index is 5.30. The molecule has 0 radical (unpaired) electrons. The first-order chi connectivity index (χ1) is 25.2. The van der Waals surface area contributed by atoms with Gasteiger partial charge in [0.15, 0.2) is 5.82 Å². The first kappa shape index (κ1) is 29.4. The Bertz CT molecular complexity index is 2900. The Morgan fingerprint density at radius 3 is 1.88 bits per heavy atom. The van der Waals surface area contributed by atoms with Gasteiger partial charge in [-0.05, 0) is 74.8 Å². The molecule has 10 rings (SSSR count). The maximum Gasteiger partial charge on any atom is 0.160 e. The monoisotopic (exact) mass is 667 g/mol. The van der Waals surface area contributed by atoms with E-state index in [-0.39, 0.29) is 0 Å². The lowest BCUT2D eigenvalue weighted by atomic mass is 9.94. The number of pyridine rings is 1. The molecule has 10 aromatic rings. The number of thiophene rings is 1. The van der Waals surface area contributed by atoms with Gasteiger partial charge in [-0.15, -0.1) is 11.3 Å². The zero-order valence-electron chi connectivity index (χ0n) is 27.5. The number of rotatable bonds is 5. The van der Waals surface area contributed by atoms with Crippen molar-refractivity contribution in [1.82, 2.24) is 15.0 Å². The Balaban J connectivity index is 1.20. The molecule has 0 atom stereocenters. The van der Waals surface area contributed by atoms with Gasteiger partial charge in [0.05, 0.1) is 11.4 Å². The third kappa shape index (κ3) is 5.25. The molecule has 0 bridgehead atoms. The zero-order chi connectivity index (χ0) is 33.7. The van der Waals surface area contributed by atoms with Crippen LogP contribution < -0.4 is 0 Å². The van der Waals surface area contributed by atoms with E-state index in [0.29, 0.717) is 5.82 Å². The van der Waals surface area contributed by atoms with Crippen LogP contribution in [-0.2, 0) is 0 Å². The van der Waals surface area contributed by atoms with E-state index < -0.39 is 0 Å². The molecule has 238 valence electrons. The summed E-state index contributed by atoms with van der Waals surface area (Å²) < 4.78 is 2.48. The number of fused-ring (bicyclic) bond motifs is 6. The molecule has 3 aromatic heterocycles. The first-order valence-corrected chi connectivity index (χ1v) is 17.9. The van der Waals surface area contributed by atoms with Gasteiger partial charge in [-0.2, -0.15) is 0 Å². The van der Waals surface area contributed by atoms with Crippen LogP contribution in [-0.4, -0.2) is 15.0 Å². The molecule has 3 heterocycles. The summed E-state index contributed by atoms with van der Waals surface area (Å²) in [7, 11) is 0. The van der Waals surface area contributed by atoms with Crippen LogP contribution >= 0.6 is 11.3 Å². The Morgan fingerprint density at radius 1 is 0.392 bits per heavy atom. The molecular formula is C47H29N3S. The van der Waals surface area contributed by atoms with E-state index in [1.807, 2.05) is 48.0 Å². The average molecular weight is 668 g/mol. The van der Waals surface area contributed by atoms with Crippen molar-refractivity contribution in [3.8, 4) is 56.2 Å². The van der Waals surface area contributed by atoms with Crippen molar-refractivity contribution >= 4 is 53.1 Å². The average Bonchev–Trinajstić information content (AvgIpc) is 3.59. The first-order valence-electron chi connectivity index (χ1n) is 17.1. The molecule has 7 aromatic carbocycles. The molecule has 0 amide bonds. The summed E-state index contributed by atoms with van der Waals surface area (Å²) in [6, 6.07) is 58.3. The number of nitrogens with zero attached hydrogens (tertiary/aromatic N) is 3. The van der Waals surface area contributed by atoms with Gasteiger partial charge in [-0.25, -0.2) is 9.97 Å². The van der Waals surface area contributed by atoms with Crippen molar-refractivity contribution in [3.05, 3.63) is 176 Å². The number of aromatic nitrogens is 3. The maximum atomic E-state index is 5.30. The molecule has 3 nitrogen and oxygen atoms in total. The molecule has 0 saturated heterocycles. The molecule has 0 aliphatic heterocycles. The molecule has 0 N–H and O–H groups in total. The molecular weight excluding hydrogens is 639 g/mol. The molecule has 0 spiro atoms. The van der Waals surface area contributed by atoms with Crippen LogP contribution in [0, 0.1) is 0 Å². The lowest BCUT2D eigenvalue weighted by Gasteiger charge is -2.13. The number of benzene rings is 7. The molecule has 4 heteroatoms. The predicted octanol–water partition coefficient (Wildman–Crippen LogP) is 12.9. The molecule has 0 saturated carbocycles. The van der Waals surface area contributed by atoms with E-state index in [1.54, 1.807) is 0 Å². The fourth-order valence-corrected chi connectivity index (χ4v) is 8.38. The summed E-state index contributed by atoms with van der Waals surface area (Å²) in [4.78, 5) is 14.8. The largest absolute Gasteiger partial charge is 0.264 e. The Morgan fingerprint density at radius 2 is 1.04 bits per heavy atom. The van der Waals surface area contributed by atoms with E-state index in [9.17, 15) is 0 Å². The molecule has 0 aliphatic rings. The molecule has 0 fully saturated rings. The summed E-state index contributed by atoms with van der Waals surface area (Å²) in [6.45, 7) is 0. The summed E-state index contributed by atoms with van der Waals surface area (Å²) in [5, 5.41) is 7.27. The number of hydrogen-bond acceptors (Lipinski definition) is 4. The highest BCUT2D eigenvalue weighted by Crippen LogP contribution is 2.44.